The van der Waals surface area contributed by atoms with E-state index in [1.807, 2.05) is 0 Å². The summed E-state index contributed by atoms with van der Waals surface area (Å²) in [6, 6.07) is 0. The first-order chi connectivity index (χ1) is 6.73. The van der Waals surface area contributed by atoms with Crippen LogP contribution in [0.25, 0.3) is 0 Å². The van der Waals surface area contributed by atoms with E-state index in [0.717, 1.165) is 0 Å². The van der Waals surface area contributed by atoms with Crippen molar-refractivity contribution in [2.45, 2.75) is 12.5 Å². The van der Waals surface area contributed by atoms with E-state index in [1.165, 1.54) is 7.11 Å². The van der Waals surface area contributed by atoms with Gasteiger partial charge in [-0.1, -0.05) is 0 Å². The predicted octanol–water partition coefficient (Wildman–Crippen LogP) is 0.00470. The van der Waals surface area contributed by atoms with Crippen molar-refractivity contribution in [2.24, 2.45) is 5.92 Å². The molecule has 1 heterocycles. The lowest BCUT2D eigenvalue weighted by Gasteiger charge is -2.19. The van der Waals surface area contributed by atoms with Crippen LogP contribution in [0, 0.1) is 5.92 Å². The van der Waals surface area contributed by atoms with Crippen molar-refractivity contribution >= 4 is 29.6 Å². The average molecular weight is 277 g/mol. The van der Waals surface area contributed by atoms with Gasteiger partial charge in [-0.15, -0.1) is 0 Å². The molecule has 8 heteroatoms. The minimum absolute atomic E-state index is 0.0160. The van der Waals surface area contributed by atoms with Gasteiger partial charge in [-0.2, -0.15) is 0 Å². The number of hydrogen-bond donors (Lipinski definition) is 0. The highest BCUT2D eigenvalue weighted by Crippen LogP contribution is 2.24. The van der Waals surface area contributed by atoms with E-state index < -0.39 is 25.0 Å². The molecule has 2 atom stereocenters. The first-order valence-corrected chi connectivity index (χ1v) is 8.69. The van der Waals surface area contributed by atoms with Crippen molar-refractivity contribution < 1.29 is 21.6 Å². The Morgan fingerprint density at radius 1 is 1.53 bits per heavy atom. The Labute approximate surface area is 94.1 Å². The summed E-state index contributed by atoms with van der Waals surface area (Å²) >= 11 is 0. The summed E-state index contributed by atoms with van der Waals surface area (Å²) in [6.45, 7) is 0. The molecule has 0 aromatic heterocycles. The van der Waals surface area contributed by atoms with Crippen LogP contribution in [-0.4, -0.2) is 47.3 Å². The second-order valence-corrected chi connectivity index (χ2v) is 8.69. The maximum atomic E-state index is 11.2. The van der Waals surface area contributed by atoms with Crippen LogP contribution in [0.15, 0.2) is 0 Å². The molecule has 2 unspecified atom stereocenters. The molecule has 0 N–H and O–H groups in total. The molecule has 15 heavy (non-hydrogen) atoms. The summed E-state index contributed by atoms with van der Waals surface area (Å²) in [7, 11) is -0.224. The van der Waals surface area contributed by atoms with Crippen LogP contribution in [0.5, 0.6) is 0 Å². The van der Waals surface area contributed by atoms with Crippen LogP contribution in [0.2, 0.25) is 0 Å². The van der Waals surface area contributed by atoms with E-state index in [9.17, 15) is 16.8 Å². The third-order valence-corrected chi connectivity index (χ3v) is 5.36. The van der Waals surface area contributed by atoms with Gasteiger partial charge < -0.3 is 4.74 Å². The van der Waals surface area contributed by atoms with Gasteiger partial charge in [0.2, 0.25) is 9.05 Å². The first-order valence-electron chi connectivity index (χ1n) is 4.39. The standard InChI is InChI=1S/C7H13ClO5S2/c1-13-7(5-15(8,11)12)6-2-3-14(9,10)4-6/h6-7H,2-5H2,1H3. The van der Waals surface area contributed by atoms with E-state index >= 15 is 0 Å². The zero-order valence-corrected chi connectivity index (χ0v) is 10.6. The van der Waals surface area contributed by atoms with Crippen molar-refractivity contribution in [3.8, 4) is 0 Å². The molecule has 0 amide bonds. The van der Waals surface area contributed by atoms with E-state index in [2.05, 4.69) is 0 Å². The average Bonchev–Trinajstić information content (AvgIpc) is 2.40. The molecule has 1 saturated heterocycles. The molecule has 0 bridgehead atoms. The molecule has 90 valence electrons. The number of halogens is 1. The largest absolute Gasteiger partial charge is 0.380 e. The highest BCUT2D eigenvalue weighted by molar-refractivity contribution is 8.13. The Hall–Kier alpha value is 0.150. The molecule has 1 rings (SSSR count). The summed E-state index contributed by atoms with van der Waals surface area (Å²) in [5.74, 6) is -0.531. The number of hydrogen-bond acceptors (Lipinski definition) is 5. The molecule has 0 aromatic rings. The lowest BCUT2D eigenvalue weighted by molar-refractivity contribution is 0.0790. The van der Waals surface area contributed by atoms with E-state index in [0.29, 0.717) is 6.42 Å². The Bertz CT molecular complexity index is 413. The van der Waals surface area contributed by atoms with Gasteiger partial charge in [0, 0.05) is 23.7 Å². The van der Waals surface area contributed by atoms with Crippen molar-refractivity contribution in [1.29, 1.82) is 0 Å². The Morgan fingerprint density at radius 3 is 2.47 bits per heavy atom. The second kappa shape index (κ2) is 4.57. The molecule has 0 aliphatic carbocycles. The zero-order valence-electron chi connectivity index (χ0n) is 8.22. The SMILES string of the molecule is COC(CS(=O)(=O)Cl)C1CCS(=O)(=O)C1. The maximum absolute atomic E-state index is 11.2. The summed E-state index contributed by atoms with van der Waals surface area (Å²) in [5.41, 5.74) is 0. The smallest absolute Gasteiger partial charge is 0.235 e. The van der Waals surface area contributed by atoms with Crippen molar-refractivity contribution in [1.82, 2.24) is 0 Å². The molecule has 0 spiro atoms. The number of ether oxygens (including phenoxy) is 1. The molecular weight excluding hydrogens is 264 g/mol. The predicted molar refractivity (Wildman–Crippen MR) is 57.2 cm³/mol. The third kappa shape index (κ3) is 4.26. The second-order valence-electron chi connectivity index (χ2n) is 3.64. The highest BCUT2D eigenvalue weighted by Gasteiger charge is 2.35. The summed E-state index contributed by atoms with van der Waals surface area (Å²) in [4.78, 5) is 0. The van der Waals surface area contributed by atoms with E-state index in [4.69, 9.17) is 15.4 Å². The highest BCUT2D eigenvalue weighted by atomic mass is 35.7. The van der Waals surface area contributed by atoms with Gasteiger partial charge in [-0.3, -0.25) is 0 Å². The normalized spacial score (nSPS) is 27.7. The van der Waals surface area contributed by atoms with Crippen LogP contribution in [0.4, 0.5) is 0 Å². The lowest BCUT2D eigenvalue weighted by Crippen LogP contribution is -2.30. The Kier molecular flexibility index (Phi) is 4.02. The van der Waals surface area contributed by atoms with Gasteiger partial charge >= 0.3 is 0 Å². The van der Waals surface area contributed by atoms with Crippen molar-refractivity contribution in [2.75, 3.05) is 24.4 Å². The van der Waals surface area contributed by atoms with Crippen LogP contribution in [-0.2, 0) is 23.6 Å². The fraction of sp³-hybridized carbons (Fsp3) is 1.00. The van der Waals surface area contributed by atoms with E-state index in [-0.39, 0.29) is 23.2 Å². The van der Waals surface area contributed by atoms with Crippen LogP contribution in [0.1, 0.15) is 6.42 Å². The third-order valence-electron chi connectivity index (χ3n) is 2.46. The summed E-state index contributed by atoms with van der Waals surface area (Å²) in [6.07, 6.45) is -0.197. The number of rotatable bonds is 4. The molecule has 5 nitrogen and oxygen atoms in total. The van der Waals surface area contributed by atoms with E-state index in [1.54, 1.807) is 0 Å². The fourth-order valence-corrected chi connectivity index (χ4v) is 4.75. The van der Waals surface area contributed by atoms with Crippen LogP contribution >= 0.6 is 10.7 Å². The zero-order chi connectivity index (χ0) is 11.7. The summed E-state index contributed by atoms with van der Waals surface area (Å²) < 4.78 is 49.1. The van der Waals surface area contributed by atoms with Gasteiger partial charge in [0.05, 0.1) is 23.4 Å². The van der Waals surface area contributed by atoms with Gasteiger partial charge in [0.1, 0.15) is 0 Å². The minimum atomic E-state index is -3.66. The topological polar surface area (TPSA) is 77.5 Å². The Morgan fingerprint density at radius 2 is 2.13 bits per heavy atom. The van der Waals surface area contributed by atoms with Crippen LogP contribution in [0.3, 0.4) is 0 Å². The molecule has 0 saturated carbocycles. The molecule has 0 radical (unpaired) electrons. The lowest BCUT2D eigenvalue weighted by atomic mass is 10.0. The van der Waals surface area contributed by atoms with Crippen molar-refractivity contribution in [3.05, 3.63) is 0 Å². The Balaban J connectivity index is 2.70. The molecule has 0 aromatic carbocycles. The molecule has 1 aliphatic heterocycles. The fourth-order valence-electron chi connectivity index (χ4n) is 1.71. The first kappa shape index (κ1) is 13.2. The van der Waals surface area contributed by atoms with Gasteiger partial charge in [-0.05, 0) is 6.42 Å². The molecular formula is C7H13ClO5S2. The number of sulfone groups is 1. The van der Waals surface area contributed by atoms with Gasteiger partial charge in [0.15, 0.2) is 9.84 Å². The minimum Gasteiger partial charge on any atom is -0.380 e. The summed E-state index contributed by atoms with van der Waals surface area (Å²) in [5, 5.41) is 0. The monoisotopic (exact) mass is 276 g/mol. The molecule has 1 aliphatic rings. The maximum Gasteiger partial charge on any atom is 0.235 e. The molecule has 1 fully saturated rings. The van der Waals surface area contributed by atoms with Gasteiger partial charge in [-0.25, -0.2) is 16.8 Å². The number of methoxy groups -OCH3 is 1. The van der Waals surface area contributed by atoms with Crippen molar-refractivity contribution in [3.63, 3.8) is 0 Å². The van der Waals surface area contributed by atoms with Crippen LogP contribution < -0.4 is 0 Å². The quantitative estimate of drug-likeness (QED) is 0.676. The van der Waals surface area contributed by atoms with Gasteiger partial charge in [0.25, 0.3) is 0 Å².